The van der Waals surface area contributed by atoms with Crippen molar-refractivity contribution in [2.45, 2.75) is 27.9 Å². The molecule has 2 aromatic carbocycles. The predicted molar refractivity (Wildman–Crippen MR) is 109 cm³/mol. The summed E-state index contributed by atoms with van der Waals surface area (Å²) in [5.74, 6) is -1.96. The molecular formula is C19H15ClN3O6S-. The lowest BCUT2D eigenvalue weighted by atomic mass is 9.82. The van der Waals surface area contributed by atoms with Crippen LogP contribution >= 0.6 is 23.4 Å². The number of aromatic carboxylic acids is 1. The molecule has 0 radical (unpaired) electrons. The molecular weight excluding hydrogens is 434 g/mol. The van der Waals surface area contributed by atoms with Crippen LogP contribution in [0, 0.1) is 26.1 Å². The molecule has 0 saturated heterocycles. The first kappa shape index (κ1) is 20.4. The van der Waals surface area contributed by atoms with E-state index >= 15 is 0 Å². The summed E-state index contributed by atoms with van der Waals surface area (Å²) in [5.41, 5.74) is 0.0768. The molecule has 156 valence electrons. The Labute approximate surface area is 179 Å². The molecule has 1 N–H and O–H groups in total. The molecule has 2 aromatic rings. The molecule has 0 bridgehead atoms. The number of halogens is 1. The van der Waals surface area contributed by atoms with Gasteiger partial charge in [0.25, 0.3) is 11.4 Å². The molecule has 4 atom stereocenters. The van der Waals surface area contributed by atoms with Gasteiger partial charge in [0.15, 0.2) is 0 Å². The zero-order valence-corrected chi connectivity index (χ0v) is 16.9. The Morgan fingerprint density at radius 2 is 1.80 bits per heavy atom. The zero-order chi connectivity index (χ0) is 21.6. The lowest BCUT2D eigenvalue weighted by molar-refractivity contribution is -0.387. The Bertz CT molecular complexity index is 1060. The molecule has 30 heavy (non-hydrogen) atoms. The number of nitro groups is 2. The number of benzene rings is 2. The van der Waals surface area contributed by atoms with Crippen molar-refractivity contribution in [3.63, 3.8) is 0 Å². The minimum absolute atomic E-state index is 0.0232. The van der Waals surface area contributed by atoms with Gasteiger partial charge in [-0.05, 0) is 24.5 Å². The van der Waals surface area contributed by atoms with Gasteiger partial charge in [0.1, 0.15) is 0 Å². The maximum atomic E-state index is 11.6. The minimum atomic E-state index is -1.43. The van der Waals surface area contributed by atoms with Crippen molar-refractivity contribution in [2.24, 2.45) is 5.92 Å². The van der Waals surface area contributed by atoms with Crippen molar-refractivity contribution in [3.05, 3.63) is 67.8 Å². The van der Waals surface area contributed by atoms with Gasteiger partial charge in [0.05, 0.1) is 37.3 Å². The van der Waals surface area contributed by atoms with E-state index in [0.717, 1.165) is 6.07 Å². The van der Waals surface area contributed by atoms with Crippen molar-refractivity contribution in [1.29, 1.82) is 0 Å². The van der Waals surface area contributed by atoms with Crippen molar-refractivity contribution >= 4 is 46.4 Å². The van der Waals surface area contributed by atoms with E-state index in [4.69, 9.17) is 11.6 Å². The van der Waals surface area contributed by atoms with Gasteiger partial charge in [-0.2, -0.15) is 0 Å². The Kier molecular flexibility index (Phi) is 5.29. The Balaban J connectivity index is 1.73. The average Bonchev–Trinajstić information content (AvgIpc) is 3.02. The number of nitro benzene ring substituents is 2. The molecule has 1 aliphatic heterocycles. The van der Waals surface area contributed by atoms with E-state index in [9.17, 15) is 30.1 Å². The summed E-state index contributed by atoms with van der Waals surface area (Å²) >= 11 is 8.05. The molecule has 1 saturated carbocycles. The van der Waals surface area contributed by atoms with E-state index in [-0.39, 0.29) is 39.4 Å². The summed E-state index contributed by atoms with van der Waals surface area (Å²) in [6.07, 6.45) is 0.578. The third kappa shape index (κ3) is 3.35. The second-order valence-electron chi connectivity index (χ2n) is 7.19. The third-order valence-electron chi connectivity index (χ3n) is 5.59. The number of alkyl halides is 1. The molecule has 9 nitrogen and oxygen atoms in total. The number of carboxylic acids is 1. The molecule has 0 spiro atoms. The Hall–Kier alpha value is -2.85. The molecule has 0 aromatic heterocycles. The minimum Gasteiger partial charge on any atom is -0.545 e. The van der Waals surface area contributed by atoms with Gasteiger partial charge in [-0.1, -0.05) is 12.1 Å². The maximum absolute atomic E-state index is 11.6. The van der Waals surface area contributed by atoms with E-state index in [2.05, 4.69) is 5.32 Å². The fraction of sp³-hybridized carbons (Fsp3) is 0.316. The van der Waals surface area contributed by atoms with Crippen LogP contribution in [0.5, 0.6) is 0 Å². The highest BCUT2D eigenvalue weighted by Gasteiger charge is 2.49. The zero-order valence-electron chi connectivity index (χ0n) is 15.3. The van der Waals surface area contributed by atoms with Gasteiger partial charge in [-0.25, -0.2) is 0 Å². The van der Waals surface area contributed by atoms with Crippen LogP contribution in [-0.2, 0) is 0 Å². The van der Waals surface area contributed by atoms with Crippen LogP contribution in [0.2, 0.25) is 0 Å². The van der Waals surface area contributed by atoms with Crippen molar-refractivity contribution in [3.8, 4) is 0 Å². The van der Waals surface area contributed by atoms with Crippen LogP contribution in [0.3, 0.4) is 0 Å². The van der Waals surface area contributed by atoms with Crippen LogP contribution in [0.1, 0.15) is 28.3 Å². The Morgan fingerprint density at radius 1 is 1.10 bits per heavy atom. The Morgan fingerprint density at radius 3 is 2.47 bits per heavy atom. The summed E-state index contributed by atoms with van der Waals surface area (Å²) in [4.78, 5) is 33.9. The molecule has 0 unspecified atom stereocenters. The SMILES string of the molecule is O=C([O-])c1ccc([N+](=O)[O-])c2c1NC[C@H]1C[C@H](Sc3ccccc3[N+](=O)[O-])[C@@H](Cl)[C@@H]21. The fourth-order valence-corrected chi connectivity index (χ4v) is 6.33. The first-order valence-electron chi connectivity index (χ1n) is 9.10. The number of hydrogen-bond donors (Lipinski definition) is 1. The van der Waals surface area contributed by atoms with E-state index in [1.54, 1.807) is 18.2 Å². The van der Waals surface area contributed by atoms with Crippen LogP contribution < -0.4 is 10.4 Å². The van der Waals surface area contributed by atoms with E-state index in [0.29, 0.717) is 17.9 Å². The second kappa shape index (κ2) is 7.77. The number of nitrogens with zero attached hydrogens (tertiary/aromatic N) is 2. The monoisotopic (exact) mass is 448 g/mol. The van der Waals surface area contributed by atoms with Crippen LogP contribution in [0.15, 0.2) is 41.3 Å². The largest absolute Gasteiger partial charge is 0.545 e. The van der Waals surface area contributed by atoms with Gasteiger partial charge in [-0.15, -0.1) is 23.4 Å². The number of rotatable bonds is 5. The second-order valence-corrected chi connectivity index (χ2v) is 8.98. The molecule has 2 aliphatic rings. The first-order chi connectivity index (χ1) is 14.3. The molecule has 4 rings (SSSR count). The van der Waals surface area contributed by atoms with Crippen LogP contribution in [0.4, 0.5) is 17.1 Å². The molecule has 11 heteroatoms. The highest BCUT2D eigenvalue weighted by Crippen LogP contribution is 2.55. The highest BCUT2D eigenvalue weighted by atomic mass is 35.5. The van der Waals surface area contributed by atoms with Crippen LogP contribution in [-0.4, -0.2) is 33.0 Å². The summed E-state index contributed by atoms with van der Waals surface area (Å²) in [7, 11) is 0. The molecule has 1 fully saturated rings. The number of thioether (sulfide) groups is 1. The molecule has 0 amide bonds. The summed E-state index contributed by atoms with van der Waals surface area (Å²) < 4.78 is 0. The number of nitrogens with one attached hydrogen (secondary N) is 1. The topological polar surface area (TPSA) is 138 Å². The lowest BCUT2D eigenvalue weighted by Crippen LogP contribution is -2.32. The van der Waals surface area contributed by atoms with Gasteiger partial charge < -0.3 is 15.2 Å². The number of fused-ring (bicyclic) bond motifs is 3. The quantitative estimate of drug-likeness (QED) is 0.418. The standard InChI is InChI=1S/C19H16ClN3O6S/c20-17-14(30-13-4-2-1-3-11(13)22(26)27)7-9-8-21-18-10(19(24)25)5-6-12(23(28)29)16(18)15(9)17/h1-6,9,14-15,17,21H,7-8H2,(H,24,25)/p-1/t9-,14+,15-,17-/m1/s1. The lowest BCUT2D eigenvalue weighted by Gasteiger charge is -2.32. The number of carbonyl (C=O) groups excluding carboxylic acids is 1. The van der Waals surface area contributed by atoms with Crippen molar-refractivity contribution < 1.29 is 19.7 Å². The van der Waals surface area contributed by atoms with Gasteiger partial charge in [0.2, 0.25) is 0 Å². The van der Waals surface area contributed by atoms with E-state index in [1.165, 1.54) is 23.9 Å². The predicted octanol–water partition coefficient (Wildman–Crippen LogP) is 3.16. The highest BCUT2D eigenvalue weighted by molar-refractivity contribution is 8.00. The number of hydrogen-bond acceptors (Lipinski definition) is 8. The third-order valence-corrected chi connectivity index (χ3v) is 7.71. The number of carboxylic acid groups (broad SMARTS) is 1. The van der Waals surface area contributed by atoms with Gasteiger partial charge >= 0.3 is 0 Å². The number of carbonyl (C=O) groups is 1. The normalized spacial score (nSPS) is 24.4. The van der Waals surface area contributed by atoms with E-state index < -0.39 is 27.1 Å². The first-order valence-corrected chi connectivity index (χ1v) is 10.4. The van der Waals surface area contributed by atoms with Crippen molar-refractivity contribution in [2.75, 3.05) is 11.9 Å². The van der Waals surface area contributed by atoms with Gasteiger partial charge in [-0.3, -0.25) is 20.2 Å². The smallest absolute Gasteiger partial charge is 0.282 e. The molecule has 1 aliphatic carbocycles. The van der Waals surface area contributed by atoms with E-state index in [1.807, 2.05) is 0 Å². The van der Waals surface area contributed by atoms with Crippen molar-refractivity contribution in [1.82, 2.24) is 0 Å². The summed E-state index contributed by atoms with van der Waals surface area (Å²) in [6, 6.07) is 8.68. The molecule has 1 heterocycles. The fourth-order valence-electron chi connectivity index (χ4n) is 4.35. The number of anilines is 1. The average molecular weight is 449 g/mol. The summed E-state index contributed by atoms with van der Waals surface area (Å²) in [6.45, 7) is 0.399. The van der Waals surface area contributed by atoms with Gasteiger partial charge in [0, 0.05) is 35.4 Å². The van der Waals surface area contributed by atoms with Crippen LogP contribution in [0.25, 0.3) is 0 Å². The number of para-hydroxylation sites is 1. The summed E-state index contributed by atoms with van der Waals surface area (Å²) in [5, 5.41) is 36.7. The maximum Gasteiger partial charge on any atom is 0.282 e.